The molecule has 0 radical (unpaired) electrons. The molecule has 4 aromatic rings. The van der Waals surface area contributed by atoms with Crippen LogP contribution in [0.15, 0.2) is 109 Å². The predicted octanol–water partition coefficient (Wildman–Crippen LogP) is 4.74. The van der Waals surface area contributed by atoms with E-state index in [1.807, 2.05) is 0 Å². The van der Waals surface area contributed by atoms with Gasteiger partial charge in [0, 0.05) is 0 Å². The molecule has 2 aliphatic carbocycles. The molecular formula is C36H36Si. The van der Waals surface area contributed by atoms with Crippen molar-refractivity contribution in [2.45, 2.75) is 52.4 Å². The van der Waals surface area contributed by atoms with E-state index < -0.39 is 8.07 Å². The standard InChI is InChI=1S/C36H36Si/c1-3-15-27-25-35(33-23-13-11-21-31(27)33)37(29-17-7-5-8-18-29,30-19-9-6-10-20-30)36-26-28(16-4-2)32-22-12-14-24-34(32)36/h5-14,17-24H,3-4,15-16,25-26H2,1-2H3. The molecule has 0 aromatic heterocycles. The average Bonchev–Trinajstić information content (AvgIpc) is 3.51. The van der Waals surface area contributed by atoms with Crippen molar-refractivity contribution in [3.8, 4) is 0 Å². The van der Waals surface area contributed by atoms with Crippen molar-refractivity contribution in [1.82, 2.24) is 0 Å². The minimum absolute atomic E-state index is 1.10. The number of benzene rings is 4. The molecule has 0 fully saturated rings. The highest BCUT2D eigenvalue weighted by atomic mass is 28.3. The quantitative estimate of drug-likeness (QED) is 0.309. The molecule has 0 saturated carbocycles. The van der Waals surface area contributed by atoms with Gasteiger partial charge in [0.25, 0.3) is 0 Å². The van der Waals surface area contributed by atoms with Crippen LogP contribution in [0.1, 0.15) is 52.4 Å². The first-order valence-electron chi connectivity index (χ1n) is 14.0. The smallest absolute Gasteiger partial charge is 0.0651 e. The van der Waals surface area contributed by atoms with E-state index in [9.17, 15) is 0 Å². The fourth-order valence-corrected chi connectivity index (χ4v) is 12.7. The summed E-state index contributed by atoms with van der Waals surface area (Å²) in [6.07, 6.45) is 6.92. The van der Waals surface area contributed by atoms with Crippen LogP contribution in [0.25, 0.3) is 21.5 Å². The molecule has 0 amide bonds. The van der Waals surface area contributed by atoms with Crippen LogP contribution in [0.5, 0.6) is 0 Å². The van der Waals surface area contributed by atoms with Crippen LogP contribution in [-0.4, -0.2) is 8.07 Å². The van der Waals surface area contributed by atoms with Crippen molar-refractivity contribution >= 4 is 40.0 Å². The summed E-state index contributed by atoms with van der Waals surface area (Å²) < 4.78 is 0. The van der Waals surface area contributed by atoms with Gasteiger partial charge < -0.3 is 0 Å². The summed E-state index contributed by atoms with van der Waals surface area (Å²) in [7, 11) is -2.53. The highest BCUT2D eigenvalue weighted by molar-refractivity contribution is 7.24. The second-order valence-corrected chi connectivity index (χ2v) is 14.5. The molecule has 0 bridgehead atoms. The number of hydrogen-bond donors (Lipinski definition) is 0. The monoisotopic (exact) mass is 496 g/mol. The Morgan fingerprint density at radius 3 is 1.19 bits per heavy atom. The van der Waals surface area contributed by atoms with Crippen molar-refractivity contribution < 1.29 is 0 Å². The molecule has 0 unspecified atom stereocenters. The second kappa shape index (κ2) is 10.1. The van der Waals surface area contributed by atoms with Crippen LogP contribution in [0.3, 0.4) is 0 Å². The van der Waals surface area contributed by atoms with Crippen molar-refractivity contribution in [2.24, 2.45) is 0 Å². The Balaban J connectivity index is 1.81. The molecule has 0 spiro atoms. The summed E-state index contributed by atoms with van der Waals surface area (Å²) in [4.78, 5) is 0. The van der Waals surface area contributed by atoms with E-state index in [4.69, 9.17) is 0 Å². The molecule has 0 nitrogen and oxygen atoms in total. The predicted molar refractivity (Wildman–Crippen MR) is 162 cm³/mol. The van der Waals surface area contributed by atoms with E-state index in [1.54, 1.807) is 21.5 Å². The highest BCUT2D eigenvalue weighted by Gasteiger charge is 2.47. The fourth-order valence-electron chi connectivity index (χ4n) is 7.06. The van der Waals surface area contributed by atoms with Gasteiger partial charge in [-0.3, -0.25) is 0 Å². The summed E-state index contributed by atoms with van der Waals surface area (Å²) in [6, 6.07) is 41.7. The zero-order chi connectivity index (χ0) is 25.2. The van der Waals surface area contributed by atoms with E-state index in [-0.39, 0.29) is 0 Å². The zero-order valence-corrected chi connectivity index (χ0v) is 23.1. The van der Waals surface area contributed by atoms with Gasteiger partial charge in [0.15, 0.2) is 8.07 Å². The second-order valence-electron chi connectivity index (χ2n) is 10.6. The highest BCUT2D eigenvalue weighted by Crippen LogP contribution is 2.37. The minimum Gasteiger partial charge on any atom is -0.0651 e. The zero-order valence-electron chi connectivity index (χ0n) is 22.1. The first kappa shape index (κ1) is 23.9. The number of rotatable bonds is 8. The first-order valence-corrected chi connectivity index (χ1v) is 16.0. The third kappa shape index (κ3) is 3.88. The Bertz CT molecular complexity index is 1550. The van der Waals surface area contributed by atoms with Gasteiger partial charge in [-0.15, -0.1) is 0 Å². The summed E-state index contributed by atoms with van der Waals surface area (Å²) in [5.41, 5.74) is 3.25. The molecule has 0 aliphatic heterocycles. The Morgan fingerprint density at radius 2 is 0.811 bits per heavy atom. The van der Waals surface area contributed by atoms with Crippen LogP contribution < -0.4 is 31.2 Å². The first-order chi connectivity index (χ1) is 18.3. The molecule has 0 atom stereocenters. The van der Waals surface area contributed by atoms with E-state index in [1.165, 1.54) is 56.9 Å². The Hall–Kier alpha value is -3.42. The molecule has 184 valence electrons. The molecule has 0 heterocycles. The van der Waals surface area contributed by atoms with Crippen molar-refractivity contribution in [2.75, 3.05) is 0 Å². The average molecular weight is 497 g/mol. The third-order valence-electron chi connectivity index (χ3n) is 8.47. The van der Waals surface area contributed by atoms with Gasteiger partial charge in [-0.25, -0.2) is 0 Å². The van der Waals surface area contributed by atoms with E-state index in [2.05, 4.69) is 123 Å². The van der Waals surface area contributed by atoms with Gasteiger partial charge in [-0.05, 0) is 56.9 Å². The molecule has 0 saturated heterocycles. The molecular weight excluding hydrogens is 460 g/mol. The van der Waals surface area contributed by atoms with Crippen molar-refractivity contribution in [1.29, 1.82) is 0 Å². The lowest BCUT2D eigenvalue weighted by molar-refractivity contribution is 0.953. The Morgan fingerprint density at radius 1 is 0.459 bits per heavy atom. The molecule has 4 aromatic carbocycles. The van der Waals surface area contributed by atoms with Crippen LogP contribution in [0.2, 0.25) is 0 Å². The van der Waals surface area contributed by atoms with Crippen LogP contribution in [-0.2, 0) is 0 Å². The van der Waals surface area contributed by atoms with Gasteiger partial charge in [0.05, 0.1) is 0 Å². The van der Waals surface area contributed by atoms with Gasteiger partial charge >= 0.3 is 0 Å². The number of fused-ring (bicyclic) bond motifs is 2. The fraction of sp³-hybridized carbons (Fsp3) is 0.222. The number of hydrogen-bond acceptors (Lipinski definition) is 0. The summed E-state index contributed by atoms with van der Waals surface area (Å²) >= 11 is 0. The van der Waals surface area contributed by atoms with Gasteiger partial charge in [-0.2, -0.15) is 0 Å². The van der Waals surface area contributed by atoms with E-state index in [0.717, 1.165) is 12.8 Å². The van der Waals surface area contributed by atoms with Crippen LogP contribution in [0.4, 0.5) is 0 Å². The Kier molecular flexibility index (Phi) is 6.57. The summed E-state index contributed by atoms with van der Waals surface area (Å²) in [6.45, 7) is 4.64. The maximum atomic E-state index is 2.43. The van der Waals surface area contributed by atoms with Gasteiger partial charge in [-0.1, -0.05) is 157 Å². The Labute approximate surface area is 222 Å². The topological polar surface area (TPSA) is 0 Å². The van der Waals surface area contributed by atoms with Crippen molar-refractivity contribution in [3.63, 3.8) is 0 Å². The van der Waals surface area contributed by atoms with E-state index in [0.29, 0.717) is 0 Å². The van der Waals surface area contributed by atoms with Gasteiger partial charge in [0.1, 0.15) is 0 Å². The lowest BCUT2D eigenvalue weighted by Crippen LogP contribution is -2.63. The van der Waals surface area contributed by atoms with E-state index >= 15 is 0 Å². The molecule has 0 N–H and O–H groups in total. The largest absolute Gasteiger partial charge is 0.173 e. The normalized spacial score (nSPS) is 14.8. The maximum Gasteiger partial charge on any atom is 0.173 e. The third-order valence-corrected chi connectivity index (χ3v) is 13.6. The molecule has 37 heavy (non-hydrogen) atoms. The maximum absolute atomic E-state index is 2.53. The SMILES string of the molecule is CCCC1=c2ccccc2=C([Si](C2=c3ccccc3=C(CCC)C2)(c2ccccc2)c2ccccc2)C1. The summed E-state index contributed by atoms with van der Waals surface area (Å²) in [5.74, 6) is 0. The van der Waals surface area contributed by atoms with Gasteiger partial charge in [0.2, 0.25) is 0 Å². The molecule has 2 aliphatic rings. The van der Waals surface area contributed by atoms with Crippen LogP contribution in [0, 0.1) is 0 Å². The lowest BCUT2D eigenvalue weighted by Gasteiger charge is -2.37. The summed E-state index contributed by atoms with van der Waals surface area (Å²) in [5, 5.41) is 12.4. The molecule has 1 heteroatoms. The lowest BCUT2D eigenvalue weighted by atomic mass is 10.1. The van der Waals surface area contributed by atoms with Crippen LogP contribution >= 0.6 is 0 Å². The minimum atomic E-state index is -2.53. The molecule has 6 rings (SSSR count). The van der Waals surface area contributed by atoms with Crippen molar-refractivity contribution in [3.05, 3.63) is 130 Å².